The molecule has 8 heteroatoms. The van der Waals surface area contributed by atoms with Crippen molar-refractivity contribution in [1.29, 1.82) is 0 Å². The zero-order valence-corrected chi connectivity index (χ0v) is 15.4. The van der Waals surface area contributed by atoms with Crippen molar-refractivity contribution in [3.63, 3.8) is 0 Å². The molecule has 0 saturated carbocycles. The van der Waals surface area contributed by atoms with Crippen molar-refractivity contribution >= 4 is 29.0 Å². The van der Waals surface area contributed by atoms with Crippen molar-refractivity contribution in [3.8, 4) is 11.4 Å². The summed E-state index contributed by atoms with van der Waals surface area (Å²) in [7, 11) is 3.94. The highest BCUT2D eigenvalue weighted by atomic mass is 32.2. The number of nitrogens with two attached hydrogens (primary N) is 1. The Morgan fingerprint density at radius 1 is 1.12 bits per heavy atom. The first-order valence-corrected chi connectivity index (χ1v) is 8.99. The van der Waals surface area contributed by atoms with Gasteiger partial charge in [-0.3, -0.25) is 4.79 Å². The fraction of sp³-hybridized carbons (Fsp3) is 0.167. The van der Waals surface area contributed by atoms with E-state index in [-0.39, 0.29) is 11.7 Å². The summed E-state index contributed by atoms with van der Waals surface area (Å²) in [6.45, 7) is 0. The van der Waals surface area contributed by atoms with Crippen LogP contribution in [0.5, 0.6) is 0 Å². The highest BCUT2D eigenvalue weighted by Crippen LogP contribution is 2.22. The molecule has 0 radical (unpaired) electrons. The van der Waals surface area contributed by atoms with Crippen molar-refractivity contribution in [2.45, 2.75) is 5.16 Å². The Kier molecular flexibility index (Phi) is 5.43. The topological polar surface area (TPSA) is 89.1 Å². The molecule has 0 bridgehead atoms. The quantitative estimate of drug-likeness (QED) is 0.513. The number of carbonyl (C=O) groups is 1. The number of nitrogens with zero attached hydrogens (tertiary/aromatic N) is 4. The molecule has 3 aromatic rings. The Hall–Kier alpha value is -3.00. The number of benzene rings is 2. The lowest BCUT2D eigenvalue weighted by Gasteiger charge is -2.13. The van der Waals surface area contributed by atoms with E-state index in [1.54, 1.807) is 0 Å². The first kappa shape index (κ1) is 17.8. The third kappa shape index (κ3) is 4.15. The van der Waals surface area contributed by atoms with Gasteiger partial charge >= 0.3 is 0 Å². The zero-order chi connectivity index (χ0) is 18.5. The number of rotatable bonds is 6. The molecule has 3 rings (SSSR count). The van der Waals surface area contributed by atoms with Gasteiger partial charge in [-0.1, -0.05) is 42.1 Å². The van der Waals surface area contributed by atoms with Gasteiger partial charge in [-0.05, 0) is 24.3 Å². The fourth-order valence-electron chi connectivity index (χ4n) is 2.33. The van der Waals surface area contributed by atoms with Crippen LogP contribution in [0.15, 0.2) is 59.8 Å². The maximum Gasteiger partial charge on any atom is 0.234 e. The molecule has 0 aliphatic heterocycles. The van der Waals surface area contributed by atoms with Gasteiger partial charge in [0, 0.05) is 31.0 Å². The molecule has 7 nitrogen and oxygen atoms in total. The van der Waals surface area contributed by atoms with Crippen LogP contribution < -0.4 is 16.1 Å². The molecule has 134 valence electrons. The van der Waals surface area contributed by atoms with E-state index in [1.807, 2.05) is 73.6 Å². The predicted octanol–water partition coefficient (Wildman–Crippen LogP) is 2.46. The van der Waals surface area contributed by atoms with Crippen LogP contribution in [0.2, 0.25) is 0 Å². The Bertz CT molecular complexity index is 876. The Balaban J connectivity index is 1.59. The monoisotopic (exact) mass is 368 g/mol. The van der Waals surface area contributed by atoms with E-state index in [2.05, 4.69) is 15.5 Å². The molecule has 0 unspecified atom stereocenters. The van der Waals surface area contributed by atoms with Crippen LogP contribution in [0.25, 0.3) is 11.4 Å². The van der Waals surface area contributed by atoms with Gasteiger partial charge in [-0.2, -0.15) is 0 Å². The summed E-state index contributed by atoms with van der Waals surface area (Å²) >= 11 is 1.24. The zero-order valence-electron chi connectivity index (χ0n) is 14.6. The van der Waals surface area contributed by atoms with Crippen molar-refractivity contribution < 1.29 is 4.79 Å². The van der Waals surface area contributed by atoms with E-state index in [9.17, 15) is 4.79 Å². The Morgan fingerprint density at radius 3 is 2.46 bits per heavy atom. The number of nitrogens with one attached hydrogen (secondary N) is 1. The molecule has 0 saturated heterocycles. The van der Waals surface area contributed by atoms with Gasteiger partial charge in [0.15, 0.2) is 5.82 Å². The molecule has 1 heterocycles. The molecule has 1 aromatic heterocycles. The summed E-state index contributed by atoms with van der Waals surface area (Å²) in [4.78, 5) is 14.2. The molecule has 0 atom stereocenters. The SMILES string of the molecule is CN(C)c1ccc(NC(=O)CSc2nnc(-c3ccccc3)n2N)cc1. The van der Waals surface area contributed by atoms with Gasteiger partial charge in [0.1, 0.15) is 0 Å². The third-order valence-electron chi connectivity index (χ3n) is 3.70. The average molecular weight is 368 g/mol. The van der Waals surface area contributed by atoms with Crippen LogP contribution in [0, 0.1) is 0 Å². The van der Waals surface area contributed by atoms with Crippen molar-refractivity contribution in [1.82, 2.24) is 14.9 Å². The third-order valence-corrected chi connectivity index (χ3v) is 4.64. The number of hydrogen-bond acceptors (Lipinski definition) is 6. The molecule has 2 aromatic carbocycles. The van der Waals surface area contributed by atoms with E-state index in [0.29, 0.717) is 11.0 Å². The molecular weight excluding hydrogens is 348 g/mol. The highest BCUT2D eigenvalue weighted by molar-refractivity contribution is 7.99. The van der Waals surface area contributed by atoms with Crippen LogP contribution >= 0.6 is 11.8 Å². The number of nitrogen functional groups attached to an aromatic ring is 1. The second-order valence-electron chi connectivity index (χ2n) is 5.82. The average Bonchev–Trinajstić information content (AvgIpc) is 3.02. The molecule has 1 amide bonds. The first-order valence-electron chi connectivity index (χ1n) is 8.00. The smallest absolute Gasteiger partial charge is 0.234 e. The fourth-order valence-corrected chi connectivity index (χ4v) is 2.99. The van der Waals surface area contributed by atoms with Crippen LogP contribution in [0.1, 0.15) is 0 Å². The Labute approximate surface area is 156 Å². The predicted molar refractivity (Wildman–Crippen MR) is 106 cm³/mol. The number of aromatic nitrogens is 3. The minimum atomic E-state index is -0.128. The molecule has 0 aliphatic rings. The molecule has 3 N–H and O–H groups in total. The van der Waals surface area contributed by atoms with E-state index < -0.39 is 0 Å². The van der Waals surface area contributed by atoms with Gasteiger partial charge in [0.25, 0.3) is 0 Å². The van der Waals surface area contributed by atoms with Gasteiger partial charge in [-0.15, -0.1) is 10.2 Å². The summed E-state index contributed by atoms with van der Waals surface area (Å²) < 4.78 is 1.40. The van der Waals surface area contributed by atoms with E-state index in [0.717, 1.165) is 16.9 Å². The standard InChI is InChI=1S/C18H20N6OS/c1-23(2)15-10-8-14(9-11-15)20-16(25)12-26-18-22-21-17(24(18)19)13-6-4-3-5-7-13/h3-11H,12,19H2,1-2H3,(H,20,25). The van der Waals surface area contributed by atoms with Gasteiger partial charge in [0.2, 0.25) is 11.1 Å². The van der Waals surface area contributed by atoms with Crippen LogP contribution in [-0.2, 0) is 4.79 Å². The normalized spacial score (nSPS) is 10.5. The lowest BCUT2D eigenvalue weighted by atomic mass is 10.2. The molecule has 0 aliphatic carbocycles. The lowest BCUT2D eigenvalue weighted by molar-refractivity contribution is -0.113. The van der Waals surface area contributed by atoms with Crippen LogP contribution in [-0.4, -0.2) is 40.6 Å². The van der Waals surface area contributed by atoms with Crippen molar-refractivity contribution in [3.05, 3.63) is 54.6 Å². The highest BCUT2D eigenvalue weighted by Gasteiger charge is 2.13. The summed E-state index contributed by atoms with van der Waals surface area (Å²) in [5.41, 5.74) is 2.70. The molecular formula is C18H20N6OS. The van der Waals surface area contributed by atoms with Crippen molar-refractivity contribution in [2.24, 2.45) is 0 Å². The minimum absolute atomic E-state index is 0.128. The van der Waals surface area contributed by atoms with E-state index in [1.165, 1.54) is 16.4 Å². The molecule has 0 spiro atoms. The molecule has 26 heavy (non-hydrogen) atoms. The summed E-state index contributed by atoms with van der Waals surface area (Å²) in [6.07, 6.45) is 0. The number of thioether (sulfide) groups is 1. The van der Waals surface area contributed by atoms with Crippen LogP contribution in [0.3, 0.4) is 0 Å². The summed E-state index contributed by atoms with van der Waals surface area (Å²) in [6, 6.07) is 17.2. The van der Waals surface area contributed by atoms with Gasteiger partial charge in [0.05, 0.1) is 5.75 Å². The van der Waals surface area contributed by atoms with E-state index >= 15 is 0 Å². The maximum atomic E-state index is 12.2. The molecule has 0 fully saturated rings. The maximum absolute atomic E-state index is 12.2. The first-order chi connectivity index (χ1) is 12.5. The van der Waals surface area contributed by atoms with E-state index in [4.69, 9.17) is 5.84 Å². The number of hydrogen-bond donors (Lipinski definition) is 2. The van der Waals surface area contributed by atoms with Gasteiger partial charge < -0.3 is 16.1 Å². The summed E-state index contributed by atoms with van der Waals surface area (Å²) in [5, 5.41) is 11.5. The number of carbonyl (C=O) groups excluding carboxylic acids is 1. The second kappa shape index (κ2) is 7.92. The lowest BCUT2D eigenvalue weighted by Crippen LogP contribution is -2.16. The minimum Gasteiger partial charge on any atom is -0.378 e. The van der Waals surface area contributed by atoms with Crippen molar-refractivity contribution in [2.75, 3.05) is 35.9 Å². The summed E-state index contributed by atoms with van der Waals surface area (Å²) in [5.74, 6) is 6.68. The van der Waals surface area contributed by atoms with Crippen LogP contribution in [0.4, 0.5) is 11.4 Å². The second-order valence-corrected chi connectivity index (χ2v) is 6.76. The largest absolute Gasteiger partial charge is 0.378 e. The Morgan fingerprint density at radius 2 is 1.81 bits per heavy atom. The van der Waals surface area contributed by atoms with Gasteiger partial charge in [-0.25, -0.2) is 4.68 Å². The number of amides is 1. The number of anilines is 2.